The summed E-state index contributed by atoms with van der Waals surface area (Å²) < 4.78 is 23.9. The Kier molecular flexibility index (Phi) is 4.88. The molecule has 4 nitrogen and oxygen atoms in total. The van der Waals surface area contributed by atoms with Crippen LogP contribution < -0.4 is 10.1 Å². The van der Waals surface area contributed by atoms with Crippen LogP contribution in [-0.2, 0) is 16.1 Å². The van der Waals surface area contributed by atoms with Crippen LogP contribution in [0.2, 0.25) is 0 Å². The first kappa shape index (κ1) is 15.5. The summed E-state index contributed by atoms with van der Waals surface area (Å²) >= 11 is 0. The molecule has 1 amide bonds. The van der Waals surface area contributed by atoms with E-state index in [4.69, 9.17) is 9.47 Å². The predicted octanol–water partition coefficient (Wildman–Crippen LogP) is 3.52. The maximum atomic E-state index is 12.9. The highest BCUT2D eigenvalue weighted by molar-refractivity contribution is 5.94. The average molecular weight is 315 g/mol. The molecule has 0 spiro atoms. The van der Waals surface area contributed by atoms with E-state index >= 15 is 0 Å². The normalized spacial score (nSPS) is 17.0. The van der Waals surface area contributed by atoms with E-state index in [1.807, 2.05) is 12.1 Å². The zero-order valence-corrected chi connectivity index (χ0v) is 12.6. The standard InChI is InChI=1S/C18H18FNO3/c19-14-8-6-13(7-9-14)12-23-16-4-1-3-15(11-16)20-18(21)17-5-2-10-22-17/h1,3-4,6-9,11,17H,2,5,10,12H2,(H,20,21). The van der Waals surface area contributed by atoms with Gasteiger partial charge in [0.1, 0.15) is 24.3 Å². The number of benzene rings is 2. The van der Waals surface area contributed by atoms with Crippen LogP contribution in [0.15, 0.2) is 48.5 Å². The van der Waals surface area contributed by atoms with Gasteiger partial charge in [-0.1, -0.05) is 18.2 Å². The van der Waals surface area contributed by atoms with Crippen LogP contribution in [0.4, 0.5) is 10.1 Å². The van der Waals surface area contributed by atoms with Crippen molar-refractivity contribution in [2.45, 2.75) is 25.6 Å². The van der Waals surface area contributed by atoms with Crippen LogP contribution in [0.5, 0.6) is 5.75 Å². The number of halogens is 1. The summed E-state index contributed by atoms with van der Waals surface area (Å²) in [6, 6.07) is 13.3. The molecule has 1 aliphatic rings. The second-order valence-electron chi connectivity index (χ2n) is 5.43. The molecule has 0 saturated carbocycles. The molecule has 1 N–H and O–H groups in total. The maximum absolute atomic E-state index is 12.9. The molecule has 1 unspecified atom stereocenters. The van der Waals surface area contributed by atoms with E-state index in [2.05, 4.69) is 5.32 Å². The number of anilines is 1. The van der Waals surface area contributed by atoms with E-state index in [0.717, 1.165) is 18.4 Å². The number of nitrogens with one attached hydrogen (secondary N) is 1. The third-order valence-electron chi connectivity index (χ3n) is 3.64. The molecular formula is C18H18FNO3. The largest absolute Gasteiger partial charge is 0.489 e. The maximum Gasteiger partial charge on any atom is 0.253 e. The van der Waals surface area contributed by atoms with Gasteiger partial charge in [-0.25, -0.2) is 4.39 Å². The molecule has 120 valence electrons. The lowest BCUT2D eigenvalue weighted by Gasteiger charge is -2.12. The van der Waals surface area contributed by atoms with Gasteiger partial charge in [0.2, 0.25) is 0 Å². The van der Waals surface area contributed by atoms with Gasteiger partial charge < -0.3 is 14.8 Å². The summed E-state index contributed by atoms with van der Waals surface area (Å²) in [4.78, 5) is 12.0. The van der Waals surface area contributed by atoms with Gasteiger partial charge in [0.25, 0.3) is 5.91 Å². The van der Waals surface area contributed by atoms with Crippen LogP contribution in [0.3, 0.4) is 0 Å². The van der Waals surface area contributed by atoms with Crippen LogP contribution in [-0.4, -0.2) is 18.6 Å². The quantitative estimate of drug-likeness (QED) is 0.918. The predicted molar refractivity (Wildman–Crippen MR) is 84.8 cm³/mol. The van der Waals surface area contributed by atoms with Crippen molar-refractivity contribution in [3.05, 3.63) is 59.9 Å². The number of hydrogen-bond donors (Lipinski definition) is 1. The second kappa shape index (κ2) is 7.24. The Morgan fingerprint density at radius 2 is 2.09 bits per heavy atom. The highest BCUT2D eigenvalue weighted by Crippen LogP contribution is 2.20. The SMILES string of the molecule is O=C(Nc1cccc(OCc2ccc(F)cc2)c1)C1CCCO1. The van der Waals surface area contributed by atoms with Crippen LogP contribution in [0.1, 0.15) is 18.4 Å². The summed E-state index contributed by atoms with van der Waals surface area (Å²) in [6.07, 6.45) is 1.31. The van der Waals surface area contributed by atoms with E-state index in [0.29, 0.717) is 24.7 Å². The first-order valence-corrected chi connectivity index (χ1v) is 7.60. The minimum atomic E-state index is -0.362. The Morgan fingerprint density at radius 3 is 2.83 bits per heavy atom. The molecule has 1 saturated heterocycles. The molecule has 2 aromatic rings. The molecule has 1 fully saturated rings. The van der Waals surface area contributed by atoms with Gasteiger partial charge in [0, 0.05) is 18.4 Å². The van der Waals surface area contributed by atoms with Crippen LogP contribution >= 0.6 is 0 Å². The average Bonchev–Trinajstić information content (AvgIpc) is 3.09. The van der Waals surface area contributed by atoms with Gasteiger partial charge in [0.05, 0.1) is 0 Å². The lowest BCUT2D eigenvalue weighted by Crippen LogP contribution is -2.26. The molecule has 1 atom stereocenters. The minimum absolute atomic E-state index is 0.127. The van der Waals surface area contributed by atoms with E-state index in [1.54, 1.807) is 24.3 Å². The van der Waals surface area contributed by atoms with Gasteiger partial charge in [0.15, 0.2) is 0 Å². The fourth-order valence-corrected chi connectivity index (χ4v) is 2.42. The molecule has 23 heavy (non-hydrogen) atoms. The Morgan fingerprint density at radius 1 is 1.26 bits per heavy atom. The summed E-state index contributed by atoms with van der Waals surface area (Å²) in [7, 11) is 0. The zero-order chi connectivity index (χ0) is 16.1. The van der Waals surface area contributed by atoms with Crippen molar-refractivity contribution in [2.75, 3.05) is 11.9 Å². The van der Waals surface area contributed by atoms with Crippen molar-refractivity contribution in [2.24, 2.45) is 0 Å². The van der Waals surface area contributed by atoms with E-state index in [1.165, 1.54) is 12.1 Å². The minimum Gasteiger partial charge on any atom is -0.489 e. The van der Waals surface area contributed by atoms with Crippen molar-refractivity contribution >= 4 is 11.6 Å². The third kappa shape index (κ3) is 4.29. The number of ether oxygens (including phenoxy) is 2. The topological polar surface area (TPSA) is 47.6 Å². The number of carbonyl (C=O) groups excluding carboxylic acids is 1. The van der Waals surface area contributed by atoms with E-state index < -0.39 is 0 Å². The van der Waals surface area contributed by atoms with Crippen molar-refractivity contribution in [1.29, 1.82) is 0 Å². The Bertz CT molecular complexity index is 666. The Balaban J connectivity index is 1.58. The Hall–Kier alpha value is -2.40. The highest BCUT2D eigenvalue weighted by atomic mass is 19.1. The number of rotatable bonds is 5. The number of hydrogen-bond acceptors (Lipinski definition) is 3. The molecule has 1 aliphatic heterocycles. The van der Waals surface area contributed by atoms with Crippen LogP contribution in [0.25, 0.3) is 0 Å². The monoisotopic (exact) mass is 315 g/mol. The van der Waals surface area contributed by atoms with Gasteiger partial charge in [-0.05, 0) is 42.7 Å². The third-order valence-corrected chi connectivity index (χ3v) is 3.64. The van der Waals surface area contributed by atoms with E-state index in [-0.39, 0.29) is 17.8 Å². The lowest BCUT2D eigenvalue weighted by molar-refractivity contribution is -0.124. The highest BCUT2D eigenvalue weighted by Gasteiger charge is 2.23. The first-order chi connectivity index (χ1) is 11.2. The number of amides is 1. The van der Waals surface area contributed by atoms with Gasteiger partial charge >= 0.3 is 0 Å². The van der Waals surface area contributed by atoms with Crippen molar-refractivity contribution in [1.82, 2.24) is 0 Å². The first-order valence-electron chi connectivity index (χ1n) is 7.60. The van der Waals surface area contributed by atoms with Crippen molar-refractivity contribution < 1.29 is 18.7 Å². The molecule has 3 rings (SSSR count). The van der Waals surface area contributed by atoms with E-state index in [9.17, 15) is 9.18 Å². The number of carbonyl (C=O) groups is 1. The molecule has 1 heterocycles. The summed E-state index contributed by atoms with van der Waals surface area (Å²) in [6.45, 7) is 0.975. The molecule has 0 bridgehead atoms. The molecule has 0 aliphatic carbocycles. The van der Waals surface area contributed by atoms with Crippen molar-refractivity contribution in [3.63, 3.8) is 0 Å². The van der Waals surface area contributed by atoms with Crippen LogP contribution in [0, 0.1) is 5.82 Å². The smallest absolute Gasteiger partial charge is 0.253 e. The lowest BCUT2D eigenvalue weighted by atomic mass is 10.2. The van der Waals surface area contributed by atoms with Crippen molar-refractivity contribution in [3.8, 4) is 5.75 Å². The fourth-order valence-electron chi connectivity index (χ4n) is 2.42. The second-order valence-corrected chi connectivity index (χ2v) is 5.43. The Labute approximate surface area is 134 Å². The van der Waals surface area contributed by atoms with Gasteiger partial charge in [-0.15, -0.1) is 0 Å². The molecule has 2 aromatic carbocycles. The molecular weight excluding hydrogens is 297 g/mol. The summed E-state index contributed by atoms with van der Waals surface area (Å²) in [5, 5.41) is 2.84. The zero-order valence-electron chi connectivity index (χ0n) is 12.6. The summed E-state index contributed by atoms with van der Waals surface area (Å²) in [5.74, 6) is 0.241. The van der Waals surface area contributed by atoms with Gasteiger partial charge in [-0.3, -0.25) is 4.79 Å². The molecule has 0 radical (unpaired) electrons. The molecule has 5 heteroatoms. The fraction of sp³-hybridized carbons (Fsp3) is 0.278. The molecule has 0 aromatic heterocycles. The van der Waals surface area contributed by atoms with Gasteiger partial charge in [-0.2, -0.15) is 0 Å². The summed E-state index contributed by atoms with van der Waals surface area (Å²) in [5.41, 5.74) is 1.54.